The first-order valence-corrected chi connectivity index (χ1v) is 5.49. The van der Waals surface area contributed by atoms with Crippen molar-refractivity contribution < 1.29 is 0 Å². The van der Waals surface area contributed by atoms with Crippen LogP contribution in [0.5, 0.6) is 0 Å². The van der Waals surface area contributed by atoms with Gasteiger partial charge >= 0.3 is 0 Å². The Morgan fingerprint density at radius 2 is 1.94 bits per heavy atom. The number of aryl methyl sites for hydroxylation is 1. The van der Waals surface area contributed by atoms with Gasteiger partial charge in [0.1, 0.15) is 12.1 Å². The van der Waals surface area contributed by atoms with E-state index in [1.54, 1.807) is 10.9 Å². The van der Waals surface area contributed by atoms with Gasteiger partial charge in [0.05, 0.1) is 11.6 Å². The number of benzene rings is 1. The van der Waals surface area contributed by atoms with Crippen LogP contribution in [0, 0.1) is 0 Å². The number of hydrogen-bond donors (Lipinski definition) is 2. The Bertz CT molecular complexity index is 685. The normalized spacial score (nSPS) is 10.7. The third-order valence-electron chi connectivity index (χ3n) is 2.70. The second-order valence-electron chi connectivity index (χ2n) is 3.97. The molecule has 0 saturated carbocycles. The number of nitrogens with zero attached hydrogens (tertiary/aromatic N) is 4. The third-order valence-corrected chi connectivity index (χ3v) is 2.70. The predicted octanol–water partition coefficient (Wildman–Crippen LogP) is 1.69. The first kappa shape index (κ1) is 10.5. The van der Waals surface area contributed by atoms with Crippen molar-refractivity contribution in [1.82, 2.24) is 19.7 Å². The van der Waals surface area contributed by atoms with E-state index in [1.807, 2.05) is 31.3 Å². The van der Waals surface area contributed by atoms with Gasteiger partial charge in [-0.2, -0.15) is 5.10 Å². The lowest BCUT2D eigenvalue weighted by molar-refractivity contribution is 0.785. The third kappa shape index (κ3) is 1.73. The monoisotopic (exact) mass is 240 g/mol. The van der Waals surface area contributed by atoms with Crippen LogP contribution in [0.2, 0.25) is 0 Å². The first-order chi connectivity index (χ1) is 8.74. The summed E-state index contributed by atoms with van der Waals surface area (Å²) in [4.78, 5) is 8.42. The van der Waals surface area contributed by atoms with Gasteiger partial charge in [-0.05, 0) is 24.3 Å². The van der Waals surface area contributed by atoms with E-state index in [1.165, 1.54) is 6.33 Å². The van der Waals surface area contributed by atoms with Crippen molar-refractivity contribution in [3.8, 4) is 0 Å². The van der Waals surface area contributed by atoms with Crippen LogP contribution in [0.4, 0.5) is 17.2 Å². The molecule has 0 aliphatic heterocycles. The van der Waals surface area contributed by atoms with Gasteiger partial charge in [0.2, 0.25) is 0 Å². The molecule has 0 bridgehead atoms. The minimum absolute atomic E-state index is 0.731. The molecule has 0 aliphatic carbocycles. The second-order valence-corrected chi connectivity index (χ2v) is 3.97. The second kappa shape index (κ2) is 3.99. The summed E-state index contributed by atoms with van der Waals surface area (Å²) < 4.78 is 1.71. The lowest BCUT2D eigenvalue weighted by atomic mass is 10.3. The number of nitrogen functional groups attached to an aromatic ring is 1. The summed E-state index contributed by atoms with van der Waals surface area (Å²) >= 11 is 0. The van der Waals surface area contributed by atoms with Gasteiger partial charge in [-0.25, -0.2) is 9.97 Å². The van der Waals surface area contributed by atoms with Gasteiger partial charge in [-0.1, -0.05) is 0 Å². The predicted molar refractivity (Wildman–Crippen MR) is 70.4 cm³/mol. The first-order valence-electron chi connectivity index (χ1n) is 5.49. The summed E-state index contributed by atoms with van der Waals surface area (Å²) in [5.41, 5.74) is 8.10. The largest absolute Gasteiger partial charge is 0.399 e. The zero-order valence-corrected chi connectivity index (χ0v) is 9.83. The van der Waals surface area contributed by atoms with Crippen molar-refractivity contribution >= 4 is 28.2 Å². The van der Waals surface area contributed by atoms with Crippen molar-refractivity contribution in [2.24, 2.45) is 7.05 Å². The molecule has 0 aliphatic rings. The Balaban J connectivity index is 2.02. The molecule has 3 rings (SSSR count). The van der Waals surface area contributed by atoms with Crippen LogP contribution in [0.3, 0.4) is 0 Å². The summed E-state index contributed by atoms with van der Waals surface area (Å²) in [6.07, 6.45) is 3.26. The standard InChI is InChI=1S/C12H12N6/c1-18-12-10(6-16-18)11(14-7-15-12)17-9-4-2-8(13)3-5-9/h2-7H,13H2,1H3,(H,14,15,17). The van der Waals surface area contributed by atoms with Crippen molar-refractivity contribution in [1.29, 1.82) is 0 Å². The summed E-state index contributed by atoms with van der Waals surface area (Å²) in [5.74, 6) is 0.734. The molecule has 18 heavy (non-hydrogen) atoms. The van der Waals surface area contributed by atoms with Gasteiger partial charge in [0.25, 0.3) is 0 Å². The average molecular weight is 240 g/mol. The fourth-order valence-electron chi connectivity index (χ4n) is 1.76. The Morgan fingerprint density at radius 3 is 2.72 bits per heavy atom. The van der Waals surface area contributed by atoms with Crippen LogP contribution >= 0.6 is 0 Å². The van der Waals surface area contributed by atoms with Crippen molar-refractivity contribution in [3.05, 3.63) is 36.8 Å². The maximum atomic E-state index is 5.65. The fourth-order valence-corrected chi connectivity index (χ4v) is 1.76. The molecule has 0 spiro atoms. The Morgan fingerprint density at radius 1 is 1.17 bits per heavy atom. The molecule has 3 aromatic rings. The zero-order valence-electron chi connectivity index (χ0n) is 9.83. The Kier molecular flexibility index (Phi) is 2.33. The van der Waals surface area contributed by atoms with E-state index in [2.05, 4.69) is 20.4 Å². The number of nitrogens with one attached hydrogen (secondary N) is 1. The van der Waals surface area contributed by atoms with E-state index in [0.717, 1.165) is 28.2 Å². The van der Waals surface area contributed by atoms with E-state index < -0.39 is 0 Å². The molecule has 6 heteroatoms. The number of fused-ring (bicyclic) bond motifs is 1. The lowest BCUT2D eigenvalue weighted by Crippen LogP contribution is -1.97. The summed E-state index contributed by atoms with van der Waals surface area (Å²) in [6, 6.07) is 7.48. The minimum atomic E-state index is 0.731. The van der Waals surface area contributed by atoms with E-state index >= 15 is 0 Å². The number of aromatic nitrogens is 4. The number of hydrogen-bond acceptors (Lipinski definition) is 5. The topological polar surface area (TPSA) is 81.7 Å². The average Bonchev–Trinajstić information content (AvgIpc) is 2.76. The highest BCUT2D eigenvalue weighted by Crippen LogP contribution is 2.22. The Labute approximate surface area is 103 Å². The molecule has 0 saturated heterocycles. The molecule has 1 aromatic carbocycles. The van der Waals surface area contributed by atoms with Crippen LogP contribution in [-0.2, 0) is 7.05 Å². The summed E-state index contributed by atoms with van der Waals surface area (Å²) in [7, 11) is 1.85. The van der Waals surface area contributed by atoms with Crippen LogP contribution in [-0.4, -0.2) is 19.7 Å². The summed E-state index contributed by atoms with van der Waals surface area (Å²) in [5, 5.41) is 8.28. The molecule has 0 radical (unpaired) electrons. The molecule has 0 atom stereocenters. The molecule has 0 unspecified atom stereocenters. The van der Waals surface area contributed by atoms with Crippen LogP contribution in [0.1, 0.15) is 0 Å². The van der Waals surface area contributed by atoms with E-state index in [0.29, 0.717) is 0 Å². The smallest absolute Gasteiger partial charge is 0.163 e. The lowest BCUT2D eigenvalue weighted by Gasteiger charge is -2.06. The van der Waals surface area contributed by atoms with Gasteiger partial charge in [-0.15, -0.1) is 0 Å². The van der Waals surface area contributed by atoms with Crippen LogP contribution in [0.15, 0.2) is 36.8 Å². The molecule has 0 fully saturated rings. The number of rotatable bonds is 2. The van der Waals surface area contributed by atoms with Gasteiger partial charge in [0, 0.05) is 18.4 Å². The quantitative estimate of drug-likeness (QED) is 0.666. The maximum absolute atomic E-state index is 5.65. The van der Waals surface area contributed by atoms with Crippen LogP contribution < -0.4 is 11.1 Å². The van der Waals surface area contributed by atoms with Crippen molar-refractivity contribution in [3.63, 3.8) is 0 Å². The number of nitrogens with two attached hydrogens (primary N) is 1. The SMILES string of the molecule is Cn1ncc2c(Nc3ccc(N)cc3)ncnc21. The fraction of sp³-hybridized carbons (Fsp3) is 0.0833. The van der Waals surface area contributed by atoms with Gasteiger partial charge in [-0.3, -0.25) is 4.68 Å². The van der Waals surface area contributed by atoms with E-state index in [4.69, 9.17) is 5.73 Å². The van der Waals surface area contributed by atoms with Gasteiger partial charge in [0.15, 0.2) is 5.65 Å². The molecule has 2 heterocycles. The van der Waals surface area contributed by atoms with E-state index in [-0.39, 0.29) is 0 Å². The maximum Gasteiger partial charge on any atom is 0.163 e. The summed E-state index contributed by atoms with van der Waals surface area (Å²) in [6.45, 7) is 0. The van der Waals surface area contributed by atoms with E-state index in [9.17, 15) is 0 Å². The molecule has 6 nitrogen and oxygen atoms in total. The molecule has 90 valence electrons. The Hall–Kier alpha value is -2.63. The number of anilines is 3. The zero-order chi connectivity index (χ0) is 12.5. The van der Waals surface area contributed by atoms with Crippen molar-refractivity contribution in [2.75, 3.05) is 11.1 Å². The minimum Gasteiger partial charge on any atom is -0.399 e. The highest BCUT2D eigenvalue weighted by molar-refractivity contribution is 5.88. The van der Waals surface area contributed by atoms with Crippen molar-refractivity contribution in [2.45, 2.75) is 0 Å². The highest BCUT2D eigenvalue weighted by Gasteiger charge is 2.07. The van der Waals surface area contributed by atoms with Gasteiger partial charge < -0.3 is 11.1 Å². The molecule has 3 N–H and O–H groups in total. The molecular formula is C12H12N6. The highest BCUT2D eigenvalue weighted by atomic mass is 15.3. The molecule has 2 aromatic heterocycles. The molecular weight excluding hydrogens is 228 g/mol. The molecule has 0 amide bonds. The van der Waals surface area contributed by atoms with Crippen LogP contribution in [0.25, 0.3) is 11.0 Å².